The van der Waals surface area contributed by atoms with E-state index < -0.39 is 0 Å². The highest BCUT2D eigenvalue weighted by Gasteiger charge is 2.34. The highest BCUT2D eigenvalue weighted by molar-refractivity contribution is 6.31. The molecule has 0 bridgehead atoms. The van der Waals surface area contributed by atoms with Crippen molar-refractivity contribution in [3.63, 3.8) is 0 Å². The van der Waals surface area contributed by atoms with Gasteiger partial charge in [0.05, 0.1) is 23.1 Å². The molecule has 2 aliphatic rings. The summed E-state index contributed by atoms with van der Waals surface area (Å²) in [7, 11) is 0. The first-order valence-electron chi connectivity index (χ1n) is 6.55. The molecule has 1 aliphatic heterocycles. The largest absolute Gasteiger partial charge is 0.364 e. The standard InChI is InChI=1S/C16H12N2O2/c1-8-17-12-7-6-11-13(14(12)18-8)16(20)10-5-3-2-4-9(10)15(11)19/h2-8,17-18H,1H3. The van der Waals surface area contributed by atoms with Crippen LogP contribution in [0.2, 0.25) is 0 Å². The van der Waals surface area contributed by atoms with Crippen LogP contribution in [0.5, 0.6) is 0 Å². The van der Waals surface area contributed by atoms with E-state index in [0.717, 1.165) is 11.4 Å². The smallest absolute Gasteiger partial charge is 0.196 e. The lowest BCUT2D eigenvalue weighted by atomic mass is 9.83. The van der Waals surface area contributed by atoms with Crippen molar-refractivity contribution >= 4 is 22.9 Å². The third kappa shape index (κ3) is 1.30. The minimum absolute atomic E-state index is 0.0524. The van der Waals surface area contributed by atoms with Gasteiger partial charge in [-0.1, -0.05) is 24.3 Å². The highest BCUT2D eigenvalue weighted by Crippen LogP contribution is 2.39. The van der Waals surface area contributed by atoms with E-state index in [9.17, 15) is 9.59 Å². The van der Waals surface area contributed by atoms with E-state index in [0.29, 0.717) is 22.3 Å². The van der Waals surface area contributed by atoms with Crippen molar-refractivity contribution in [1.82, 2.24) is 0 Å². The van der Waals surface area contributed by atoms with Gasteiger partial charge in [0.1, 0.15) is 0 Å². The second-order valence-electron chi connectivity index (χ2n) is 5.12. The predicted molar refractivity (Wildman–Crippen MR) is 76.5 cm³/mol. The fourth-order valence-corrected chi connectivity index (χ4v) is 2.94. The molecular formula is C16H12N2O2. The summed E-state index contributed by atoms with van der Waals surface area (Å²) in [5.41, 5.74) is 3.56. The average molecular weight is 264 g/mol. The Bertz CT molecular complexity index is 780. The number of anilines is 2. The maximum absolute atomic E-state index is 12.7. The number of carbonyl (C=O) groups is 2. The van der Waals surface area contributed by atoms with Crippen LogP contribution in [-0.4, -0.2) is 17.7 Å². The third-order valence-electron chi connectivity index (χ3n) is 3.83. The Balaban J connectivity index is 2.01. The van der Waals surface area contributed by atoms with Crippen LogP contribution in [0.1, 0.15) is 38.8 Å². The molecule has 0 saturated heterocycles. The van der Waals surface area contributed by atoms with Crippen LogP contribution in [-0.2, 0) is 0 Å². The van der Waals surface area contributed by atoms with Gasteiger partial charge in [0.25, 0.3) is 0 Å². The zero-order valence-corrected chi connectivity index (χ0v) is 10.9. The van der Waals surface area contributed by atoms with Gasteiger partial charge >= 0.3 is 0 Å². The molecule has 4 heteroatoms. The molecular weight excluding hydrogens is 252 g/mol. The van der Waals surface area contributed by atoms with Crippen LogP contribution in [0.15, 0.2) is 36.4 Å². The molecule has 1 aliphatic carbocycles. The zero-order chi connectivity index (χ0) is 13.9. The van der Waals surface area contributed by atoms with Crippen molar-refractivity contribution < 1.29 is 9.59 Å². The number of hydrogen-bond donors (Lipinski definition) is 2. The Hall–Kier alpha value is -2.62. The summed E-state index contributed by atoms with van der Waals surface area (Å²) in [6, 6.07) is 10.6. The predicted octanol–water partition coefficient (Wildman–Crippen LogP) is 2.65. The van der Waals surface area contributed by atoms with Crippen LogP contribution < -0.4 is 10.6 Å². The molecule has 98 valence electrons. The van der Waals surface area contributed by atoms with E-state index in [1.165, 1.54) is 0 Å². The van der Waals surface area contributed by atoms with Crippen LogP contribution in [0.4, 0.5) is 11.4 Å². The molecule has 0 aromatic heterocycles. The molecule has 2 aromatic carbocycles. The number of benzene rings is 2. The van der Waals surface area contributed by atoms with Gasteiger partial charge in [0.2, 0.25) is 0 Å². The van der Waals surface area contributed by atoms with E-state index in [4.69, 9.17) is 0 Å². The summed E-state index contributed by atoms with van der Waals surface area (Å²) >= 11 is 0. The molecule has 0 amide bonds. The fraction of sp³-hybridized carbons (Fsp3) is 0.125. The first kappa shape index (κ1) is 11.2. The average Bonchev–Trinajstić information content (AvgIpc) is 2.84. The van der Waals surface area contributed by atoms with Crippen molar-refractivity contribution in [2.75, 3.05) is 10.6 Å². The van der Waals surface area contributed by atoms with Crippen molar-refractivity contribution in [1.29, 1.82) is 0 Å². The minimum atomic E-state index is -0.0875. The Morgan fingerprint density at radius 1 is 0.850 bits per heavy atom. The first-order valence-corrected chi connectivity index (χ1v) is 6.55. The summed E-state index contributed by atoms with van der Waals surface area (Å²) in [5.74, 6) is -0.171. The topological polar surface area (TPSA) is 58.2 Å². The second kappa shape index (κ2) is 3.70. The molecule has 1 unspecified atom stereocenters. The normalized spacial score (nSPS) is 18.8. The fourth-order valence-electron chi connectivity index (χ4n) is 2.94. The number of rotatable bonds is 0. The van der Waals surface area contributed by atoms with E-state index in [1.54, 1.807) is 30.3 Å². The van der Waals surface area contributed by atoms with Gasteiger partial charge in [-0.05, 0) is 19.1 Å². The summed E-state index contributed by atoms with van der Waals surface area (Å²) in [5, 5.41) is 6.46. The van der Waals surface area contributed by atoms with Crippen molar-refractivity contribution in [2.45, 2.75) is 13.1 Å². The van der Waals surface area contributed by atoms with Crippen LogP contribution >= 0.6 is 0 Å². The lowest BCUT2D eigenvalue weighted by molar-refractivity contribution is 0.0980. The number of ketones is 2. The van der Waals surface area contributed by atoms with E-state index >= 15 is 0 Å². The molecule has 4 rings (SSSR count). The Labute approximate surface area is 115 Å². The van der Waals surface area contributed by atoms with Crippen molar-refractivity contribution in [3.05, 3.63) is 58.7 Å². The van der Waals surface area contributed by atoms with Gasteiger partial charge in [0.15, 0.2) is 11.6 Å². The van der Waals surface area contributed by atoms with Crippen LogP contribution in [0.25, 0.3) is 0 Å². The van der Waals surface area contributed by atoms with Crippen LogP contribution in [0.3, 0.4) is 0 Å². The third-order valence-corrected chi connectivity index (χ3v) is 3.83. The number of fused-ring (bicyclic) bond motifs is 4. The van der Waals surface area contributed by atoms with Crippen LogP contribution in [0, 0.1) is 0 Å². The molecule has 20 heavy (non-hydrogen) atoms. The van der Waals surface area contributed by atoms with Gasteiger partial charge in [-0.25, -0.2) is 0 Å². The monoisotopic (exact) mass is 264 g/mol. The summed E-state index contributed by atoms with van der Waals surface area (Å²) in [6.07, 6.45) is 0.0524. The Kier molecular flexibility index (Phi) is 2.07. The van der Waals surface area contributed by atoms with Gasteiger partial charge < -0.3 is 10.6 Å². The number of hydrogen-bond acceptors (Lipinski definition) is 4. The molecule has 0 fully saturated rings. The molecule has 1 heterocycles. The van der Waals surface area contributed by atoms with Crippen molar-refractivity contribution in [2.24, 2.45) is 0 Å². The quantitative estimate of drug-likeness (QED) is 0.655. The Morgan fingerprint density at radius 2 is 1.55 bits per heavy atom. The van der Waals surface area contributed by atoms with Gasteiger partial charge in [0, 0.05) is 16.7 Å². The van der Waals surface area contributed by atoms with Gasteiger partial charge in [-0.15, -0.1) is 0 Å². The summed E-state index contributed by atoms with van der Waals surface area (Å²) in [4.78, 5) is 25.2. The van der Waals surface area contributed by atoms with E-state index in [1.807, 2.05) is 13.0 Å². The molecule has 4 nitrogen and oxygen atoms in total. The summed E-state index contributed by atoms with van der Waals surface area (Å²) < 4.78 is 0. The number of carbonyl (C=O) groups excluding carboxylic acids is 2. The molecule has 0 radical (unpaired) electrons. The molecule has 0 spiro atoms. The van der Waals surface area contributed by atoms with Crippen molar-refractivity contribution in [3.8, 4) is 0 Å². The lowest BCUT2D eigenvalue weighted by Gasteiger charge is -2.19. The van der Waals surface area contributed by atoms with Gasteiger partial charge in [-0.2, -0.15) is 0 Å². The molecule has 2 N–H and O–H groups in total. The van der Waals surface area contributed by atoms with Gasteiger partial charge in [-0.3, -0.25) is 9.59 Å². The molecule has 1 atom stereocenters. The maximum atomic E-state index is 12.7. The first-order chi connectivity index (χ1) is 9.66. The molecule has 2 aromatic rings. The highest BCUT2D eigenvalue weighted by atomic mass is 16.1. The number of nitrogens with one attached hydrogen (secondary N) is 2. The summed E-state index contributed by atoms with van der Waals surface area (Å²) in [6.45, 7) is 1.97. The second-order valence-corrected chi connectivity index (χ2v) is 5.12. The Morgan fingerprint density at radius 3 is 2.30 bits per heavy atom. The zero-order valence-electron chi connectivity index (χ0n) is 10.9. The minimum Gasteiger partial charge on any atom is -0.364 e. The molecule has 0 saturated carbocycles. The van der Waals surface area contributed by atoms with E-state index in [2.05, 4.69) is 10.6 Å². The maximum Gasteiger partial charge on any atom is 0.196 e. The van der Waals surface area contributed by atoms with E-state index in [-0.39, 0.29) is 17.7 Å². The SMILES string of the molecule is CC1Nc2ccc3c(c2N1)C(=O)c1ccccc1C3=O. The lowest BCUT2D eigenvalue weighted by Crippen LogP contribution is -2.22.